The van der Waals surface area contributed by atoms with Crippen molar-refractivity contribution in [2.45, 2.75) is 76.6 Å². The molecule has 1 unspecified atom stereocenters. The molecule has 0 radical (unpaired) electrons. The monoisotopic (exact) mass is 512 g/mol. The molecule has 0 spiro atoms. The maximum Gasteiger partial charge on any atom is 0.236 e. The van der Waals surface area contributed by atoms with Crippen molar-refractivity contribution in [3.05, 3.63) is 52.8 Å². The third-order valence-corrected chi connectivity index (χ3v) is 8.22. The van der Waals surface area contributed by atoms with E-state index in [4.69, 9.17) is 4.74 Å². The number of benzene rings is 1. The summed E-state index contributed by atoms with van der Waals surface area (Å²) in [6, 6.07) is 6.00. The van der Waals surface area contributed by atoms with Gasteiger partial charge in [0.2, 0.25) is 11.0 Å². The third-order valence-electron chi connectivity index (χ3n) is 6.25. The second-order valence-electron chi connectivity index (χ2n) is 8.82. The van der Waals surface area contributed by atoms with Gasteiger partial charge in [0.25, 0.3) is 0 Å². The van der Waals surface area contributed by atoms with Gasteiger partial charge >= 0.3 is 0 Å². The fraction of sp³-hybridized carbons (Fsp3) is 0.480. The number of carbonyl (C=O) groups excluding carboxylic acids is 1. The van der Waals surface area contributed by atoms with Crippen LogP contribution in [0.4, 0.5) is 5.13 Å². The molecule has 1 aromatic carbocycles. The molecule has 1 amide bonds. The van der Waals surface area contributed by atoms with E-state index in [1.165, 1.54) is 47.9 Å². The quantitative estimate of drug-likeness (QED) is 0.269. The van der Waals surface area contributed by atoms with E-state index in [-0.39, 0.29) is 17.8 Å². The highest BCUT2D eigenvalue weighted by Gasteiger charge is 2.22. The van der Waals surface area contributed by atoms with Gasteiger partial charge in [0.05, 0.1) is 5.75 Å². The summed E-state index contributed by atoms with van der Waals surface area (Å²) in [5, 5.41) is 22.3. The fourth-order valence-electron chi connectivity index (χ4n) is 4.19. The minimum atomic E-state index is -0.314. The van der Waals surface area contributed by atoms with Gasteiger partial charge in [-0.2, -0.15) is 0 Å². The van der Waals surface area contributed by atoms with E-state index in [1.54, 1.807) is 6.08 Å². The van der Waals surface area contributed by atoms with Crippen molar-refractivity contribution >= 4 is 34.1 Å². The van der Waals surface area contributed by atoms with Crippen LogP contribution in [-0.2, 0) is 11.3 Å². The Labute approximate surface area is 214 Å². The van der Waals surface area contributed by atoms with E-state index >= 15 is 0 Å². The molecular weight excluding hydrogens is 480 g/mol. The molecule has 3 aromatic rings. The van der Waals surface area contributed by atoms with Crippen LogP contribution in [0.2, 0.25) is 0 Å². The number of hydrogen-bond donors (Lipinski definition) is 1. The van der Waals surface area contributed by atoms with Crippen molar-refractivity contribution in [2.75, 3.05) is 11.1 Å². The van der Waals surface area contributed by atoms with Crippen LogP contribution in [0.25, 0.3) is 0 Å². The molecule has 0 bridgehead atoms. The zero-order chi connectivity index (χ0) is 24.8. The first-order valence-corrected chi connectivity index (χ1v) is 13.8. The van der Waals surface area contributed by atoms with Gasteiger partial charge in [-0.15, -0.1) is 27.0 Å². The molecule has 1 N–H and O–H groups in total. The molecule has 1 aliphatic rings. The number of nitrogens with zero attached hydrogens (tertiary/aromatic N) is 5. The van der Waals surface area contributed by atoms with Crippen LogP contribution >= 0.6 is 23.1 Å². The summed E-state index contributed by atoms with van der Waals surface area (Å²) >= 11 is 2.82. The summed E-state index contributed by atoms with van der Waals surface area (Å²) < 4.78 is 8.15. The lowest BCUT2D eigenvalue weighted by atomic mass is 9.90. The Kier molecular flexibility index (Phi) is 8.56. The molecule has 10 heteroatoms. The van der Waals surface area contributed by atoms with Crippen LogP contribution in [0.15, 0.2) is 36.0 Å². The number of hydrogen-bond acceptors (Lipinski definition) is 8. The summed E-state index contributed by atoms with van der Waals surface area (Å²) in [5.41, 5.74) is 2.27. The third kappa shape index (κ3) is 6.29. The zero-order valence-electron chi connectivity index (χ0n) is 20.5. The summed E-state index contributed by atoms with van der Waals surface area (Å²) in [6.45, 7) is 10.4. The Morgan fingerprint density at radius 2 is 2.06 bits per heavy atom. The number of amides is 1. The summed E-state index contributed by atoms with van der Waals surface area (Å²) in [6.07, 6.45) is 7.57. The molecule has 1 atom stereocenters. The first kappa shape index (κ1) is 25.4. The summed E-state index contributed by atoms with van der Waals surface area (Å²) in [4.78, 5) is 12.6. The molecule has 2 heterocycles. The van der Waals surface area contributed by atoms with Gasteiger partial charge < -0.3 is 4.74 Å². The second-order valence-corrected chi connectivity index (χ2v) is 10.8. The average molecular weight is 513 g/mol. The first-order chi connectivity index (χ1) is 17.0. The standard InChI is InChI=1S/C25H32N6O2S2/c1-5-14-31-22(18(4)33-20-13-9-10-16(2)17(20)3)27-30-25(31)34-15-21(32)26-24-29-28-23(35-24)19-11-7-6-8-12-19/h5,9-10,13,18-19H,1,6-8,11-12,14-15H2,2-4H3,(H,26,29,32). The van der Waals surface area contributed by atoms with Crippen molar-refractivity contribution in [2.24, 2.45) is 0 Å². The minimum Gasteiger partial charge on any atom is -0.482 e. The van der Waals surface area contributed by atoms with Crippen LogP contribution < -0.4 is 10.1 Å². The van der Waals surface area contributed by atoms with Gasteiger partial charge in [-0.1, -0.05) is 60.6 Å². The van der Waals surface area contributed by atoms with Crippen molar-refractivity contribution in [3.8, 4) is 5.75 Å². The first-order valence-electron chi connectivity index (χ1n) is 12.0. The van der Waals surface area contributed by atoms with Crippen LogP contribution in [-0.4, -0.2) is 36.6 Å². The number of allylic oxidation sites excluding steroid dienone is 1. The number of ether oxygens (including phenoxy) is 1. The van der Waals surface area contributed by atoms with Gasteiger partial charge in [-0.05, 0) is 50.8 Å². The second kappa shape index (κ2) is 11.8. The van der Waals surface area contributed by atoms with E-state index in [1.807, 2.05) is 30.5 Å². The molecule has 1 aliphatic carbocycles. The maximum atomic E-state index is 12.6. The predicted molar refractivity (Wildman–Crippen MR) is 140 cm³/mol. The molecule has 0 aliphatic heterocycles. The molecular formula is C25H32N6O2S2. The smallest absolute Gasteiger partial charge is 0.236 e. The van der Waals surface area contributed by atoms with Crippen molar-refractivity contribution in [3.63, 3.8) is 0 Å². The highest BCUT2D eigenvalue weighted by atomic mass is 32.2. The molecule has 186 valence electrons. The molecule has 8 nitrogen and oxygen atoms in total. The zero-order valence-corrected chi connectivity index (χ0v) is 22.1. The van der Waals surface area contributed by atoms with Crippen LogP contribution in [0, 0.1) is 13.8 Å². The molecule has 1 fully saturated rings. The topological polar surface area (TPSA) is 94.8 Å². The number of nitrogens with one attached hydrogen (secondary N) is 1. The van der Waals surface area contributed by atoms with Gasteiger partial charge in [0, 0.05) is 12.5 Å². The Balaban J connectivity index is 1.37. The van der Waals surface area contributed by atoms with Gasteiger partial charge in [0.1, 0.15) is 10.8 Å². The Bertz CT molecular complexity index is 1170. The van der Waals surface area contributed by atoms with Gasteiger partial charge in [-0.25, -0.2) is 0 Å². The molecule has 2 aromatic heterocycles. The Morgan fingerprint density at radius 3 is 2.83 bits per heavy atom. The van der Waals surface area contributed by atoms with E-state index in [0.717, 1.165) is 29.2 Å². The van der Waals surface area contributed by atoms with Crippen molar-refractivity contribution in [1.82, 2.24) is 25.0 Å². The minimum absolute atomic E-state index is 0.143. The highest BCUT2D eigenvalue weighted by Crippen LogP contribution is 2.35. The summed E-state index contributed by atoms with van der Waals surface area (Å²) in [7, 11) is 0. The Hall–Kier alpha value is -2.72. The largest absolute Gasteiger partial charge is 0.482 e. The number of anilines is 1. The molecule has 0 saturated heterocycles. The number of aryl methyl sites for hydroxylation is 1. The predicted octanol–water partition coefficient (Wildman–Crippen LogP) is 5.85. The number of carbonyl (C=O) groups is 1. The fourth-order valence-corrected chi connectivity index (χ4v) is 5.87. The Morgan fingerprint density at radius 1 is 1.26 bits per heavy atom. The number of aromatic nitrogens is 5. The van der Waals surface area contributed by atoms with E-state index < -0.39 is 0 Å². The molecule has 35 heavy (non-hydrogen) atoms. The molecule has 4 rings (SSSR count). The van der Waals surface area contributed by atoms with Gasteiger partial charge in [-0.3, -0.25) is 14.7 Å². The van der Waals surface area contributed by atoms with Crippen LogP contribution in [0.3, 0.4) is 0 Å². The number of rotatable bonds is 10. The van der Waals surface area contributed by atoms with Crippen LogP contribution in [0.1, 0.15) is 73.0 Å². The summed E-state index contributed by atoms with van der Waals surface area (Å²) in [5.74, 6) is 2.04. The van der Waals surface area contributed by atoms with Gasteiger partial charge in [0.15, 0.2) is 17.1 Å². The lowest BCUT2D eigenvalue weighted by Gasteiger charge is -2.18. The van der Waals surface area contributed by atoms with Crippen molar-refractivity contribution < 1.29 is 9.53 Å². The highest BCUT2D eigenvalue weighted by molar-refractivity contribution is 7.99. The SMILES string of the molecule is C=CCn1c(SCC(=O)Nc2nnc(C3CCCCC3)s2)nnc1C(C)Oc1cccc(C)c1C. The van der Waals surface area contributed by atoms with Crippen LogP contribution in [0.5, 0.6) is 5.75 Å². The van der Waals surface area contributed by atoms with E-state index in [0.29, 0.717) is 28.6 Å². The molecule has 1 saturated carbocycles. The number of thioether (sulfide) groups is 1. The lowest BCUT2D eigenvalue weighted by Crippen LogP contribution is -2.15. The normalized spacial score (nSPS) is 15.1. The average Bonchev–Trinajstić information content (AvgIpc) is 3.49. The lowest BCUT2D eigenvalue weighted by molar-refractivity contribution is -0.113. The van der Waals surface area contributed by atoms with Crippen molar-refractivity contribution in [1.29, 1.82) is 0 Å². The maximum absolute atomic E-state index is 12.6. The van der Waals surface area contributed by atoms with E-state index in [2.05, 4.69) is 45.3 Å². The van der Waals surface area contributed by atoms with E-state index in [9.17, 15) is 4.79 Å².